The van der Waals surface area contributed by atoms with E-state index in [0.29, 0.717) is 19.4 Å². The molecule has 0 N–H and O–H groups in total. The van der Waals surface area contributed by atoms with Crippen LogP contribution in [0.25, 0.3) is 0 Å². The fraction of sp³-hybridized carbons (Fsp3) is 0.579. The summed E-state index contributed by atoms with van der Waals surface area (Å²) in [5.41, 5.74) is 1.11. The number of hydrogen-bond acceptors (Lipinski definition) is 4. The third-order valence-corrected chi connectivity index (χ3v) is 4.55. The van der Waals surface area contributed by atoms with Crippen molar-refractivity contribution in [2.75, 3.05) is 26.2 Å². The molecule has 1 heterocycles. The topological polar surface area (TPSA) is 49.9 Å². The Kier molecular flexibility index (Phi) is 7.25. The van der Waals surface area contributed by atoms with Crippen molar-refractivity contribution < 1.29 is 14.3 Å². The summed E-state index contributed by atoms with van der Waals surface area (Å²) in [6.45, 7) is 7.63. The predicted octanol–water partition coefficient (Wildman–Crippen LogP) is 3.09. The Morgan fingerprint density at radius 2 is 1.92 bits per heavy atom. The summed E-state index contributed by atoms with van der Waals surface area (Å²) in [7, 11) is 0. The normalized spacial score (nSPS) is 17.4. The molecule has 5 heteroatoms. The lowest BCUT2D eigenvalue weighted by molar-refractivity contribution is -0.129. The van der Waals surface area contributed by atoms with Crippen LogP contribution in [0.2, 0.25) is 0 Å². The van der Waals surface area contributed by atoms with Crippen molar-refractivity contribution in [3.8, 4) is 0 Å². The van der Waals surface area contributed by atoms with Crippen LogP contribution in [0.3, 0.4) is 0 Å². The molecule has 2 rings (SSSR count). The first-order chi connectivity index (χ1) is 11.7. The van der Waals surface area contributed by atoms with Crippen LogP contribution >= 0.6 is 0 Å². The first kappa shape index (κ1) is 18.5. The smallest absolute Gasteiger partial charge is 0.416 e. The van der Waals surface area contributed by atoms with Gasteiger partial charge in [-0.3, -0.25) is 4.79 Å². The average Bonchev–Trinajstić information content (AvgIpc) is 2.96. The number of ether oxygens (including phenoxy) is 1. The summed E-state index contributed by atoms with van der Waals surface area (Å²) in [5, 5.41) is 0. The van der Waals surface area contributed by atoms with Gasteiger partial charge in [0.25, 0.3) is 0 Å². The summed E-state index contributed by atoms with van der Waals surface area (Å²) in [6, 6.07) is 9.72. The summed E-state index contributed by atoms with van der Waals surface area (Å²) >= 11 is 0. The van der Waals surface area contributed by atoms with Crippen LogP contribution in [-0.2, 0) is 16.0 Å². The molecule has 0 radical (unpaired) electrons. The van der Waals surface area contributed by atoms with E-state index in [9.17, 15) is 9.59 Å². The van der Waals surface area contributed by atoms with Crippen LogP contribution in [0.4, 0.5) is 4.79 Å². The zero-order chi connectivity index (χ0) is 17.4. The van der Waals surface area contributed by atoms with Gasteiger partial charge in [-0.1, -0.05) is 44.2 Å². The SMILES string of the molecule is CCN(CC)CCCCC(=O)N1C(=O)OC[C@@H]1Cc1ccccc1. The highest BCUT2D eigenvalue weighted by molar-refractivity contribution is 5.93. The summed E-state index contributed by atoms with van der Waals surface area (Å²) in [4.78, 5) is 28.0. The second-order valence-corrected chi connectivity index (χ2v) is 6.17. The standard InChI is InChI=1S/C19H28N2O3/c1-3-20(4-2)13-9-8-12-18(22)21-17(15-24-19(21)23)14-16-10-6-5-7-11-16/h5-7,10-11,17H,3-4,8-9,12-15H2,1-2H3/t17-/m0/s1. The number of amides is 2. The Hall–Kier alpha value is -1.88. The van der Waals surface area contributed by atoms with E-state index in [1.807, 2.05) is 30.3 Å². The van der Waals surface area contributed by atoms with Gasteiger partial charge in [-0.05, 0) is 44.5 Å². The number of carbonyl (C=O) groups is 2. The molecular formula is C19H28N2O3. The molecule has 0 aliphatic carbocycles. The molecule has 1 aromatic carbocycles. The quantitative estimate of drug-likeness (QED) is 0.652. The van der Waals surface area contributed by atoms with Gasteiger partial charge in [0.05, 0.1) is 6.04 Å². The summed E-state index contributed by atoms with van der Waals surface area (Å²) in [6.07, 6.45) is 2.33. The third kappa shape index (κ3) is 5.06. The molecule has 1 saturated heterocycles. The molecular weight excluding hydrogens is 304 g/mol. The second kappa shape index (κ2) is 9.42. The summed E-state index contributed by atoms with van der Waals surface area (Å²) < 4.78 is 5.11. The molecule has 0 bridgehead atoms. The molecule has 0 unspecified atom stereocenters. The van der Waals surface area contributed by atoms with Crippen molar-refractivity contribution in [3.63, 3.8) is 0 Å². The van der Waals surface area contributed by atoms with Gasteiger partial charge in [-0.2, -0.15) is 0 Å². The van der Waals surface area contributed by atoms with Crippen molar-refractivity contribution in [3.05, 3.63) is 35.9 Å². The third-order valence-electron chi connectivity index (χ3n) is 4.55. The zero-order valence-electron chi connectivity index (χ0n) is 14.7. The van der Waals surface area contributed by atoms with Crippen LogP contribution in [0, 0.1) is 0 Å². The molecule has 0 saturated carbocycles. The van der Waals surface area contributed by atoms with Gasteiger partial charge in [0.1, 0.15) is 6.61 Å². The molecule has 5 nitrogen and oxygen atoms in total. The van der Waals surface area contributed by atoms with Crippen LogP contribution in [-0.4, -0.2) is 54.1 Å². The maximum Gasteiger partial charge on any atom is 0.416 e. The van der Waals surface area contributed by atoms with Gasteiger partial charge in [-0.15, -0.1) is 0 Å². The number of carbonyl (C=O) groups excluding carboxylic acids is 2. The number of benzene rings is 1. The Bertz CT molecular complexity index is 529. The lowest BCUT2D eigenvalue weighted by Crippen LogP contribution is -2.40. The van der Waals surface area contributed by atoms with E-state index in [1.54, 1.807) is 0 Å². The molecule has 1 fully saturated rings. The maximum absolute atomic E-state index is 12.5. The highest BCUT2D eigenvalue weighted by Crippen LogP contribution is 2.19. The Morgan fingerprint density at radius 1 is 1.21 bits per heavy atom. The molecule has 24 heavy (non-hydrogen) atoms. The van der Waals surface area contributed by atoms with E-state index in [0.717, 1.165) is 38.0 Å². The first-order valence-corrected chi connectivity index (χ1v) is 8.90. The molecule has 1 aliphatic heterocycles. The van der Waals surface area contributed by atoms with E-state index in [1.165, 1.54) is 4.90 Å². The lowest BCUT2D eigenvalue weighted by Gasteiger charge is -2.20. The van der Waals surface area contributed by atoms with Crippen LogP contribution < -0.4 is 0 Å². The van der Waals surface area contributed by atoms with Crippen LogP contribution in [0.5, 0.6) is 0 Å². The van der Waals surface area contributed by atoms with Crippen molar-refractivity contribution >= 4 is 12.0 Å². The van der Waals surface area contributed by atoms with Crippen molar-refractivity contribution in [1.29, 1.82) is 0 Å². The number of hydrogen-bond donors (Lipinski definition) is 0. The monoisotopic (exact) mass is 332 g/mol. The largest absolute Gasteiger partial charge is 0.447 e. The number of unbranched alkanes of at least 4 members (excludes halogenated alkanes) is 1. The molecule has 1 atom stereocenters. The molecule has 1 aromatic rings. The zero-order valence-corrected chi connectivity index (χ0v) is 14.7. The fourth-order valence-electron chi connectivity index (χ4n) is 3.07. The fourth-order valence-corrected chi connectivity index (χ4v) is 3.07. The van der Waals surface area contributed by atoms with E-state index in [2.05, 4.69) is 18.7 Å². The van der Waals surface area contributed by atoms with Gasteiger partial charge in [0.15, 0.2) is 0 Å². The molecule has 0 aromatic heterocycles. The average molecular weight is 332 g/mol. The highest BCUT2D eigenvalue weighted by Gasteiger charge is 2.37. The Morgan fingerprint density at radius 3 is 2.58 bits per heavy atom. The van der Waals surface area contributed by atoms with Crippen molar-refractivity contribution in [1.82, 2.24) is 9.80 Å². The van der Waals surface area contributed by atoms with Crippen LogP contribution in [0.15, 0.2) is 30.3 Å². The Labute approximate surface area is 144 Å². The van der Waals surface area contributed by atoms with Gasteiger partial charge >= 0.3 is 6.09 Å². The lowest BCUT2D eigenvalue weighted by atomic mass is 10.1. The van der Waals surface area contributed by atoms with Crippen molar-refractivity contribution in [2.24, 2.45) is 0 Å². The molecule has 2 amide bonds. The minimum Gasteiger partial charge on any atom is -0.447 e. The van der Waals surface area contributed by atoms with E-state index >= 15 is 0 Å². The van der Waals surface area contributed by atoms with Gasteiger partial charge < -0.3 is 9.64 Å². The number of cyclic esters (lactones) is 1. The number of rotatable bonds is 9. The minimum atomic E-state index is -0.496. The number of imide groups is 1. The van der Waals surface area contributed by atoms with Crippen molar-refractivity contribution in [2.45, 2.75) is 45.6 Å². The molecule has 132 valence electrons. The highest BCUT2D eigenvalue weighted by atomic mass is 16.6. The van der Waals surface area contributed by atoms with Gasteiger partial charge in [0, 0.05) is 6.42 Å². The maximum atomic E-state index is 12.5. The second-order valence-electron chi connectivity index (χ2n) is 6.17. The van der Waals surface area contributed by atoms with E-state index in [4.69, 9.17) is 4.74 Å². The Balaban J connectivity index is 1.83. The van der Waals surface area contributed by atoms with E-state index < -0.39 is 6.09 Å². The summed E-state index contributed by atoms with van der Waals surface area (Å²) in [5.74, 6) is -0.113. The number of nitrogens with zero attached hydrogens (tertiary/aromatic N) is 2. The van der Waals surface area contributed by atoms with Crippen LogP contribution in [0.1, 0.15) is 38.7 Å². The first-order valence-electron chi connectivity index (χ1n) is 8.90. The molecule has 1 aliphatic rings. The minimum absolute atomic E-state index is 0.113. The van der Waals surface area contributed by atoms with Gasteiger partial charge in [-0.25, -0.2) is 9.69 Å². The van der Waals surface area contributed by atoms with Gasteiger partial charge in [0.2, 0.25) is 5.91 Å². The predicted molar refractivity (Wildman–Crippen MR) is 93.8 cm³/mol. The van der Waals surface area contributed by atoms with E-state index in [-0.39, 0.29) is 11.9 Å². The molecule has 0 spiro atoms.